The SMILES string of the molecule is CCOC(=O)c1cc(CCCN2CCN(C(=O)OC(C)(C)C)CC2)cc(C(=O)O)c1. The Kier molecular flexibility index (Phi) is 8.23. The van der Waals surface area contributed by atoms with Gasteiger partial charge in [-0.1, -0.05) is 0 Å². The molecule has 0 aliphatic carbocycles. The number of benzene rings is 1. The highest BCUT2D eigenvalue weighted by Crippen LogP contribution is 2.15. The van der Waals surface area contributed by atoms with E-state index in [2.05, 4.69) is 4.90 Å². The van der Waals surface area contributed by atoms with E-state index >= 15 is 0 Å². The number of hydrogen-bond donors (Lipinski definition) is 1. The van der Waals surface area contributed by atoms with Gasteiger partial charge in [-0.15, -0.1) is 0 Å². The Labute approximate surface area is 177 Å². The number of ether oxygens (including phenoxy) is 2. The molecule has 8 nitrogen and oxygen atoms in total. The van der Waals surface area contributed by atoms with Gasteiger partial charge in [-0.3, -0.25) is 4.90 Å². The summed E-state index contributed by atoms with van der Waals surface area (Å²) in [6, 6.07) is 4.65. The summed E-state index contributed by atoms with van der Waals surface area (Å²) in [6.07, 6.45) is 1.19. The van der Waals surface area contributed by atoms with Crippen LogP contribution in [0, 0.1) is 0 Å². The Morgan fingerprint density at radius 2 is 1.67 bits per heavy atom. The molecule has 1 aromatic rings. The standard InChI is InChI=1S/C22H32N2O6/c1-5-29-20(27)18-14-16(13-17(15-18)19(25)26)7-6-8-23-9-11-24(12-10-23)21(28)30-22(2,3)4/h13-15H,5-12H2,1-4H3,(H,25,26). The topological polar surface area (TPSA) is 96.4 Å². The first-order chi connectivity index (χ1) is 14.1. The van der Waals surface area contributed by atoms with Crippen molar-refractivity contribution in [3.05, 3.63) is 34.9 Å². The molecule has 1 amide bonds. The van der Waals surface area contributed by atoms with Gasteiger partial charge in [0, 0.05) is 26.2 Å². The summed E-state index contributed by atoms with van der Waals surface area (Å²) >= 11 is 0. The smallest absolute Gasteiger partial charge is 0.410 e. The molecule has 0 spiro atoms. The molecule has 1 aliphatic rings. The minimum Gasteiger partial charge on any atom is -0.478 e. The number of carboxylic acids is 1. The van der Waals surface area contributed by atoms with Crippen LogP contribution >= 0.6 is 0 Å². The normalized spacial score (nSPS) is 15.0. The second-order valence-corrected chi connectivity index (χ2v) is 8.36. The number of hydrogen-bond acceptors (Lipinski definition) is 6. The lowest BCUT2D eigenvalue weighted by Gasteiger charge is -2.35. The van der Waals surface area contributed by atoms with E-state index in [0.29, 0.717) is 19.5 Å². The van der Waals surface area contributed by atoms with Crippen molar-refractivity contribution in [3.8, 4) is 0 Å². The van der Waals surface area contributed by atoms with Crippen LogP contribution in [0.5, 0.6) is 0 Å². The highest BCUT2D eigenvalue weighted by atomic mass is 16.6. The Hall–Kier alpha value is -2.61. The number of aromatic carboxylic acids is 1. The van der Waals surface area contributed by atoms with Crippen molar-refractivity contribution in [2.24, 2.45) is 0 Å². The summed E-state index contributed by atoms with van der Waals surface area (Å²) < 4.78 is 10.4. The van der Waals surface area contributed by atoms with Gasteiger partial charge in [0.2, 0.25) is 0 Å². The number of aryl methyl sites for hydroxylation is 1. The molecule has 1 fully saturated rings. The molecule has 166 valence electrons. The zero-order valence-corrected chi connectivity index (χ0v) is 18.3. The van der Waals surface area contributed by atoms with E-state index < -0.39 is 17.5 Å². The first-order valence-electron chi connectivity index (χ1n) is 10.3. The zero-order chi connectivity index (χ0) is 22.3. The minimum absolute atomic E-state index is 0.0847. The van der Waals surface area contributed by atoms with Gasteiger partial charge in [-0.2, -0.15) is 0 Å². The van der Waals surface area contributed by atoms with Crippen molar-refractivity contribution in [2.45, 2.75) is 46.1 Å². The fourth-order valence-electron chi connectivity index (χ4n) is 3.28. The molecule has 0 atom stereocenters. The molecule has 1 aliphatic heterocycles. The first-order valence-corrected chi connectivity index (χ1v) is 10.3. The highest BCUT2D eigenvalue weighted by molar-refractivity contribution is 5.95. The fourth-order valence-corrected chi connectivity index (χ4v) is 3.28. The summed E-state index contributed by atoms with van der Waals surface area (Å²) in [7, 11) is 0. The molecule has 30 heavy (non-hydrogen) atoms. The van der Waals surface area contributed by atoms with Crippen LogP contribution in [0.25, 0.3) is 0 Å². The molecule has 1 saturated heterocycles. The summed E-state index contributed by atoms with van der Waals surface area (Å²) in [5.74, 6) is -1.58. The van der Waals surface area contributed by atoms with Crippen LogP contribution in [0.3, 0.4) is 0 Å². The van der Waals surface area contributed by atoms with Crippen molar-refractivity contribution in [1.82, 2.24) is 9.80 Å². The lowest BCUT2D eigenvalue weighted by Crippen LogP contribution is -2.50. The van der Waals surface area contributed by atoms with Crippen LogP contribution in [0.15, 0.2) is 18.2 Å². The van der Waals surface area contributed by atoms with Crippen molar-refractivity contribution in [2.75, 3.05) is 39.3 Å². The van der Waals surface area contributed by atoms with Gasteiger partial charge in [0.1, 0.15) is 5.60 Å². The van der Waals surface area contributed by atoms with E-state index in [1.165, 1.54) is 6.07 Å². The minimum atomic E-state index is -1.07. The summed E-state index contributed by atoms with van der Waals surface area (Å²) in [5, 5.41) is 9.31. The number of carboxylic acid groups (broad SMARTS) is 1. The largest absolute Gasteiger partial charge is 0.478 e. The Morgan fingerprint density at radius 3 is 2.23 bits per heavy atom. The van der Waals surface area contributed by atoms with Crippen molar-refractivity contribution >= 4 is 18.0 Å². The van der Waals surface area contributed by atoms with Gasteiger partial charge in [0.15, 0.2) is 0 Å². The molecule has 1 aromatic carbocycles. The quantitative estimate of drug-likeness (QED) is 0.677. The Morgan fingerprint density at radius 1 is 1.03 bits per heavy atom. The van der Waals surface area contributed by atoms with Gasteiger partial charge < -0.3 is 19.5 Å². The van der Waals surface area contributed by atoms with Crippen LogP contribution < -0.4 is 0 Å². The maximum absolute atomic E-state index is 12.1. The van der Waals surface area contributed by atoms with E-state index in [0.717, 1.165) is 31.6 Å². The number of rotatable bonds is 7. The number of esters is 1. The molecule has 8 heteroatoms. The van der Waals surface area contributed by atoms with E-state index in [-0.39, 0.29) is 23.8 Å². The summed E-state index contributed by atoms with van der Waals surface area (Å²) in [4.78, 5) is 39.5. The van der Waals surface area contributed by atoms with Gasteiger partial charge in [-0.25, -0.2) is 14.4 Å². The second kappa shape index (κ2) is 10.4. The molecular weight excluding hydrogens is 388 g/mol. The maximum atomic E-state index is 12.1. The second-order valence-electron chi connectivity index (χ2n) is 8.36. The molecule has 0 aromatic heterocycles. The van der Waals surface area contributed by atoms with Gasteiger partial charge in [0.05, 0.1) is 17.7 Å². The molecule has 0 bridgehead atoms. The molecule has 0 saturated carbocycles. The fraction of sp³-hybridized carbons (Fsp3) is 0.591. The molecule has 1 heterocycles. The molecule has 0 radical (unpaired) electrons. The zero-order valence-electron chi connectivity index (χ0n) is 18.3. The van der Waals surface area contributed by atoms with E-state index in [9.17, 15) is 19.5 Å². The van der Waals surface area contributed by atoms with Crippen LogP contribution in [0.1, 0.15) is 60.4 Å². The lowest BCUT2D eigenvalue weighted by molar-refractivity contribution is 0.0144. The third kappa shape index (κ3) is 7.33. The van der Waals surface area contributed by atoms with Crippen molar-refractivity contribution < 1.29 is 29.0 Å². The van der Waals surface area contributed by atoms with Crippen LogP contribution in [-0.2, 0) is 15.9 Å². The number of nitrogens with zero attached hydrogens (tertiary/aromatic N) is 2. The third-order valence-electron chi connectivity index (χ3n) is 4.71. The Bertz CT molecular complexity index is 763. The summed E-state index contributed by atoms with van der Waals surface area (Å²) in [6.45, 7) is 11.1. The first kappa shape index (κ1) is 23.7. The molecule has 1 N–H and O–H groups in total. The van der Waals surface area contributed by atoms with Gasteiger partial charge in [0.25, 0.3) is 0 Å². The predicted molar refractivity (Wildman–Crippen MR) is 112 cm³/mol. The number of carbonyl (C=O) groups is 3. The predicted octanol–water partition coefficient (Wildman–Crippen LogP) is 3.05. The van der Waals surface area contributed by atoms with E-state index in [1.54, 1.807) is 24.0 Å². The molecule has 2 rings (SSSR count). The number of carbonyl (C=O) groups excluding carboxylic acids is 2. The van der Waals surface area contributed by atoms with Crippen LogP contribution in [-0.4, -0.2) is 77.9 Å². The monoisotopic (exact) mass is 420 g/mol. The van der Waals surface area contributed by atoms with Crippen molar-refractivity contribution in [1.29, 1.82) is 0 Å². The van der Waals surface area contributed by atoms with E-state index in [1.807, 2.05) is 20.8 Å². The highest BCUT2D eigenvalue weighted by Gasteiger charge is 2.25. The molecule has 0 unspecified atom stereocenters. The van der Waals surface area contributed by atoms with Crippen LogP contribution in [0.4, 0.5) is 4.79 Å². The maximum Gasteiger partial charge on any atom is 0.410 e. The third-order valence-corrected chi connectivity index (χ3v) is 4.71. The lowest BCUT2D eigenvalue weighted by atomic mass is 10.0. The average molecular weight is 421 g/mol. The van der Waals surface area contributed by atoms with E-state index in [4.69, 9.17) is 9.47 Å². The van der Waals surface area contributed by atoms with Gasteiger partial charge >= 0.3 is 18.0 Å². The van der Waals surface area contributed by atoms with Crippen molar-refractivity contribution in [3.63, 3.8) is 0 Å². The number of piperazine rings is 1. The molecular formula is C22H32N2O6. The summed E-state index contributed by atoms with van der Waals surface area (Å²) in [5.41, 5.74) is 0.644. The van der Waals surface area contributed by atoms with Crippen LogP contribution in [0.2, 0.25) is 0 Å². The van der Waals surface area contributed by atoms with Gasteiger partial charge in [-0.05, 0) is 70.8 Å². The average Bonchev–Trinajstić information content (AvgIpc) is 2.67. The number of amides is 1. The Balaban J connectivity index is 1.86.